The van der Waals surface area contributed by atoms with Crippen LogP contribution in [-0.4, -0.2) is 56.0 Å². The topological polar surface area (TPSA) is 54.0 Å². The second-order valence-corrected chi connectivity index (χ2v) is 11.3. The van der Waals surface area contributed by atoms with Gasteiger partial charge in [0.15, 0.2) is 11.5 Å². The van der Waals surface area contributed by atoms with E-state index in [2.05, 4.69) is 122 Å². The van der Waals surface area contributed by atoms with Crippen molar-refractivity contribution in [1.82, 2.24) is 10.2 Å². The predicted octanol–water partition coefficient (Wildman–Crippen LogP) is 6.61. The van der Waals surface area contributed by atoms with Gasteiger partial charge in [0.1, 0.15) is 12.7 Å². The molecule has 3 unspecified atom stereocenters. The van der Waals surface area contributed by atoms with Crippen molar-refractivity contribution in [1.29, 1.82) is 0 Å². The number of aliphatic hydroxyl groups excluding tert-OH is 1. The second kappa shape index (κ2) is 15.0. The average Bonchev–Trinajstić information content (AvgIpc) is 3.02. The van der Waals surface area contributed by atoms with Crippen LogP contribution >= 0.6 is 0 Å². The normalized spacial score (nSPS) is 14.0. The highest BCUT2D eigenvalue weighted by Gasteiger charge is 2.47. The van der Waals surface area contributed by atoms with Gasteiger partial charge in [-0.05, 0) is 54.3 Å². The van der Waals surface area contributed by atoms with Gasteiger partial charge >= 0.3 is 0 Å². The third-order valence-corrected chi connectivity index (χ3v) is 8.07. The van der Waals surface area contributed by atoms with E-state index in [1.54, 1.807) is 7.11 Å². The van der Waals surface area contributed by atoms with Crippen LogP contribution in [0.3, 0.4) is 0 Å². The van der Waals surface area contributed by atoms with E-state index in [0.29, 0.717) is 24.0 Å². The molecule has 0 saturated heterocycles. The van der Waals surface area contributed by atoms with Gasteiger partial charge in [-0.1, -0.05) is 124 Å². The second-order valence-electron chi connectivity index (χ2n) is 11.3. The van der Waals surface area contributed by atoms with E-state index in [1.807, 2.05) is 31.3 Å². The summed E-state index contributed by atoms with van der Waals surface area (Å²) in [6.45, 7) is 8.25. The highest BCUT2D eigenvalue weighted by molar-refractivity contribution is 5.50. The number of aliphatic hydroxyl groups is 1. The quantitative estimate of drug-likeness (QED) is 0.159. The average molecular weight is 567 g/mol. The molecule has 0 heterocycles. The number of hydrogen-bond acceptors (Lipinski definition) is 5. The maximum atomic E-state index is 11.8. The summed E-state index contributed by atoms with van der Waals surface area (Å²) in [6.07, 6.45) is -0.770. The first-order valence-corrected chi connectivity index (χ1v) is 14.9. The number of nitrogens with one attached hydrogen (secondary N) is 1. The highest BCUT2D eigenvalue weighted by Crippen LogP contribution is 2.45. The SMILES string of the molecule is CNCC(C)C(C(C)C)N(CC(O)COc1ccccc1OC)C(c1ccccc1)(c1ccccc1)c1ccccc1. The first-order chi connectivity index (χ1) is 20.4. The van der Waals surface area contributed by atoms with E-state index in [0.717, 1.165) is 23.2 Å². The van der Waals surface area contributed by atoms with Gasteiger partial charge in [-0.3, -0.25) is 4.90 Å². The number of ether oxygens (including phenoxy) is 2. The van der Waals surface area contributed by atoms with E-state index in [9.17, 15) is 5.11 Å². The molecule has 0 aliphatic carbocycles. The van der Waals surface area contributed by atoms with Crippen molar-refractivity contribution in [3.8, 4) is 11.5 Å². The van der Waals surface area contributed by atoms with Crippen molar-refractivity contribution >= 4 is 0 Å². The van der Waals surface area contributed by atoms with Crippen LogP contribution in [0.1, 0.15) is 37.5 Å². The van der Waals surface area contributed by atoms with Crippen LogP contribution in [0.5, 0.6) is 11.5 Å². The molecular weight excluding hydrogens is 520 g/mol. The molecule has 42 heavy (non-hydrogen) atoms. The molecule has 4 rings (SSSR count). The van der Waals surface area contributed by atoms with Crippen LogP contribution in [0.2, 0.25) is 0 Å². The van der Waals surface area contributed by atoms with Gasteiger partial charge < -0.3 is 19.9 Å². The molecule has 0 aliphatic heterocycles. The molecule has 0 amide bonds. The Hall–Kier alpha value is -3.64. The lowest BCUT2D eigenvalue weighted by atomic mass is 9.72. The summed E-state index contributed by atoms with van der Waals surface area (Å²) in [6, 6.07) is 39.8. The minimum atomic E-state index is -0.770. The van der Waals surface area contributed by atoms with Gasteiger partial charge in [-0.25, -0.2) is 0 Å². The molecule has 0 aliphatic rings. The Morgan fingerprint density at radius 3 is 1.60 bits per heavy atom. The molecule has 4 aromatic rings. The number of benzene rings is 4. The van der Waals surface area contributed by atoms with Crippen molar-refractivity contribution in [2.75, 3.05) is 33.9 Å². The van der Waals surface area contributed by atoms with E-state index in [-0.39, 0.29) is 18.6 Å². The highest BCUT2D eigenvalue weighted by atomic mass is 16.5. The molecule has 0 bridgehead atoms. The zero-order chi connectivity index (χ0) is 30.0. The molecule has 0 saturated carbocycles. The number of methoxy groups -OCH3 is 1. The largest absolute Gasteiger partial charge is 0.493 e. The molecule has 0 fully saturated rings. The molecule has 4 aromatic carbocycles. The van der Waals surface area contributed by atoms with Crippen LogP contribution in [0, 0.1) is 11.8 Å². The number of rotatable bonds is 15. The Morgan fingerprint density at radius 1 is 0.714 bits per heavy atom. The zero-order valence-corrected chi connectivity index (χ0v) is 25.6. The van der Waals surface area contributed by atoms with E-state index >= 15 is 0 Å². The Kier molecular flexibility index (Phi) is 11.2. The van der Waals surface area contributed by atoms with Crippen molar-refractivity contribution in [2.45, 2.75) is 38.5 Å². The minimum Gasteiger partial charge on any atom is -0.493 e. The van der Waals surface area contributed by atoms with Gasteiger partial charge in [-0.2, -0.15) is 0 Å². The fourth-order valence-corrected chi connectivity index (χ4v) is 6.49. The van der Waals surface area contributed by atoms with Gasteiger partial charge in [0.25, 0.3) is 0 Å². The Bertz CT molecular complexity index is 1230. The Balaban J connectivity index is 1.91. The fraction of sp³-hybridized carbons (Fsp3) is 0.351. The molecular formula is C37H46N2O3. The molecule has 0 aromatic heterocycles. The molecule has 222 valence electrons. The van der Waals surface area contributed by atoms with Crippen molar-refractivity contribution in [3.05, 3.63) is 132 Å². The molecule has 3 atom stereocenters. The Morgan fingerprint density at radius 2 is 1.17 bits per heavy atom. The molecule has 5 heteroatoms. The zero-order valence-electron chi connectivity index (χ0n) is 25.6. The number of para-hydroxylation sites is 2. The predicted molar refractivity (Wildman–Crippen MR) is 172 cm³/mol. The van der Waals surface area contributed by atoms with Gasteiger partial charge in [0, 0.05) is 12.6 Å². The lowest BCUT2D eigenvalue weighted by molar-refractivity contribution is -0.0148. The minimum absolute atomic E-state index is 0.110. The van der Waals surface area contributed by atoms with E-state index in [1.165, 1.54) is 0 Å². The monoisotopic (exact) mass is 566 g/mol. The summed E-state index contributed by atoms with van der Waals surface area (Å²) >= 11 is 0. The third kappa shape index (κ3) is 6.87. The summed E-state index contributed by atoms with van der Waals surface area (Å²) in [5.74, 6) is 1.85. The van der Waals surface area contributed by atoms with Gasteiger partial charge in [0.05, 0.1) is 12.6 Å². The molecule has 0 radical (unpaired) electrons. The van der Waals surface area contributed by atoms with E-state index < -0.39 is 11.6 Å². The number of hydrogen-bond donors (Lipinski definition) is 2. The molecule has 0 spiro atoms. The molecule has 5 nitrogen and oxygen atoms in total. The number of nitrogens with zero attached hydrogens (tertiary/aromatic N) is 1. The maximum Gasteiger partial charge on any atom is 0.161 e. The fourth-order valence-electron chi connectivity index (χ4n) is 6.49. The summed E-state index contributed by atoms with van der Waals surface area (Å²) in [5, 5.41) is 15.2. The van der Waals surface area contributed by atoms with Crippen molar-refractivity contribution in [2.24, 2.45) is 11.8 Å². The van der Waals surface area contributed by atoms with Gasteiger partial charge in [-0.15, -0.1) is 0 Å². The summed E-state index contributed by atoms with van der Waals surface area (Å²) in [5.41, 5.74) is 2.79. The van der Waals surface area contributed by atoms with Crippen LogP contribution in [-0.2, 0) is 5.54 Å². The first-order valence-electron chi connectivity index (χ1n) is 14.9. The van der Waals surface area contributed by atoms with Crippen molar-refractivity contribution < 1.29 is 14.6 Å². The summed E-state index contributed by atoms with van der Waals surface area (Å²) in [4.78, 5) is 2.54. The standard InChI is InChI=1S/C37H46N2O3/c1-28(2)36(29(3)25-38-4)39(26-33(40)27-42-35-24-16-15-23-34(35)41-5)37(30-17-9-6-10-18-30,31-19-11-7-12-20-31)32-21-13-8-14-22-32/h6-24,28-29,33,36,38,40H,25-27H2,1-5H3. The lowest BCUT2D eigenvalue weighted by Gasteiger charge is -2.52. The maximum absolute atomic E-state index is 11.8. The first kappa shape index (κ1) is 31.3. The summed E-state index contributed by atoms with van der Waals surface area (Å²) in [7, 11) is 3.64. The summed E-state index contributed by atoms with van der Waals surface area (Å²) < 4.78 is 11.6. The Labute approximate surface area is 252 Å². The van der Waals surface area contributed by atoms with Crippen molar-refractivity contribution in [3.63, 3.8) is 0 Å². The third-order valence-electron chi connectivity index (χ3n) is 8.07. The van der Waals surface area contributed by atoms with Crippen LogP contribution in [0.15, 0.2) is 115 Å². The van der Waals surface area contributed by atoms with Crippen LogP contribution in [0.25, 0.3) is 0 Å². The molecule has 2 N–H and O–H groups in total. The van der Waals surface area contributed by atoms with E-state index in [4.69, 9.17) is 9.47 Å². The smallest absolute Gasteiger partial charge is 0.161 e. The van der Waals surface area contributed by atoms with Crippen LogP contribution in [0.4, 0.5) is 0 Å². The van der Waals surface area contributed by atoms with Crippen LogP contribution < -0.4 is 14.8 Å². The lowest BCUT2D eigenvalue weighted by Crippen LogP contribution is -2.60. The van der Waals surface area contributed by atoms with Gasteiger partial charge in [0.2, 0.25) is 0 Å².